The molecule has 0 aliphatic carbocycles. The number of aromatic nitrogens is 3. The number of benzene rings is 1. The van der Waals surface area contributed by atoms with Crippen LogP contribution in [-0.4, -0.2) is 21.3 Å². The summed E-state index contributed by atoms with van der Waals surface area (Å²) in [5.74, 6) is 0. The van der Waals surface area contributed by atoms with E-state index in [9.17, 15) is 0 Å². The molecule has 0 saturated heterocycles. The van der Waals surface area contributed by atoms with Crippen LogP contribution in [0.2, 0.25) is 0 Å². The minimum Gasteiger partial charge on any atom is -0.361 e. The fourth-order valence-electron chi connectivity index (χ4n) is 2.01. The monoisotopic (exact) mass is 272 g/mol. The van der Waals surface area contributed by atoms with Gasteiger partial charge in [-0.05, 0) is 30.7 Å². The summed E-state index contributed by atoms with van der Waals surface area (Å²) in [7, 11) is 1.94. The standard InChI is InChI=1S/C14H16N4S/c1-10-3-4-13-12(9-10)16-14(19-13)15-7-5-11-6-8-18(2)17-11/h3-4,6,8-9H,5,7H2,1-2H3,(H,15,16). The molecule has 1 aromatic carbocycles. The molecule has 4 nitrogen and oxygen atoms in total. The first-order chi connectivity index (χ1) is 9.20. The third-order valence-corrected chi connectivity index (χ3v) is 3.96. The second-order valence-electron chi connectivity index (χ2n) is 4.65. The molecule has 0 spiro atoms. The van der Waals surface area contributed by atoms with Crippen LogP contribution in [0.1, 0.15) is 11.3 Å². The van der Waals surface area contributed by atoms with E-state index in [4.69, 9.17) is 0 Å². The van der Waals surface area contributed by atoms with Gasteiger partial charge in [-0.2, -0.15) is 5.10 Å². The van der Waals surface area contributed by atoms with Gasteiger partial charge in [0.05, 0.1) is 15.9 Å². The summed E-state index contributed by atoms with van der Waals surface area (Å²) in [6.07, 6.45) is 2.88. The van der Waals surface area contributed by atoms with E-state index in [2.05, 4.69) is 40.5 Å². The Morgan fingerprint density at radius 1 is 1.32 bits per heavy atom. The molecule has 0 aliphatic heterocycles. The minimum absolute atomic E-state index is 0.857. The van der Waals surface area contributed by atoms with Crippen molar-refractivity contribution in [1.82, 2.24) is 14.8 Å². The molecule has 1 N–H and O–H groups in total. The molecule has 2 aromatic heterocycles. The van der Waals surface area contributed by atoms with Crippen LogP contribution in [0.15, 0.2) is 30.5 Å². The highest BCUT2D eigenvalue weighted by Crippen LogP contribution is 2.26. The van der Waals surface area contributed by atoms with Crippen LogP contribution >= 0.6 is 11.3 Å². The van der Waals surface area contributed by atoms with Gasteiger partial charge < -0.3 is 5.32 Å². The number of hydrogen-bond acceptors (Lipinski definition) is 4. The SMILES string of the molecule is Cc1ccc2sc(NCCc3ccn(C)n3)nc2c1. The number of aryl methyl sites for hydroxylation is 2. The van der Waals surface area contributed by atoms with Gasteiger partial charge in [-0.1, -0.05) is 17.4 Å². The minimum atomic E-state index is 0.857. The number of rotatable bonds is 4. The molecule has 0 unspecified atom stereocenters. The van der Waals surface area contributed by atoms with Crippen molar-refractivity contribution in [2.45, 2.75) is 13.3 Å². The highest BCUT2D eigenvalue weighted by atomic mass is 32.1. The van der Waals surface area contributed by atoms with E-state index in [0.29, 0.717) is 0 Å². The van der Waals surface area contributed by atoms with Crippen molar-refractivity contribution in [3.8, 4) is 0 Å². The molecule has 2 heterocycles. The van der Waals surface area contributed by atoms with Crippen LogP contribution in [0.4, 0.5) is 5.13 Å². The zero-order valence-corrected chi connectivity index (χ0v) is 11.9. The molecule has 0 radical (unpaired) electrons. The molecule has 19 heavy (non-hydrogen) atoms. The van der Waals surface area contributed by atoms with E-state index >= 15 is 0 Å². The molecule has 3 rings (SSSR count). The zero-order chi connectivity index (χ0) is 13.2. The topological polar surface area (TPSA) is 42.7 Å². The predicted octanol–water partition coefficient (Wildman–Crippen LogP) is 2.99. The molecule has 3 aromatic rings. The Bertz CT molecular complexity index is 698. The quantitative estimate of drug-likeness (QED) is 0.794. The lowest BCUT2D eigenvalue weighted by molar-refractivity contribution is 0.742. The second-order valence-corrected chi connectivity index (χ2v) is 5.68. The van der Waals surface area contributed by atoms with Gasteiger partial charge in [0.1, 0.15) is 0 Å². The lowest BCUT2D eigenvalue weighted by Gasteiger charge is -1.99. The summed E-state index contributed by atoms with van der Waals surface area (Å²) in [6.45, 7) is 2.95. The molecule has 0 fully saturated rings. The number of fused-ring (bicyclic) bond motifs is 1. The summed E-state index contributed by atoms with van der Waals surface area (Å²) >= 11 is 1.70. The summed E-state index contributed by atoms with van der Waals surface area (Å²) in [5.41, 5.74) is 3.43. The Hall–Kier alpha value is -1.88. The van der Waals surface area contributed by atoms with Gasteiger partial charge in [-0.3, -0.25) is 4.68 Å². The van der Waals surface area contributed by atoms with Gasteiger partial charge in [0.2, 0.25) is 0 Å². The van der Waals surface area contributed by atoms with Crippen LogP contribution in [0.25, 0.3) is 10.2 Å². The first-order valence-corrected chi connectivity index (χ1v) is 7.12. The molecule has 0 saturated carbocycles. The largest absolute Gasteiger partial charge is 0.361 e. The van der Waals surface area contributed by atoms with E-state index in [1.807, 2.05) is 24.0 Å². The van der Waals surface area contributed by atoms with Crippen molar-refractivity contribution >= 4 is 26.7 Å². The van der Waals surface area contributed by atoms with Gasteiger partial charge in [0.15, 0.2) is 5.13 Å². The normalized spacial score (nSPS) is 11.1. The molecule has 0 atom stereocenters. The number of hydrogen-bond donors (Lipinski definition) is 1. The first kappa shape index (κ1) is 12.2. The third-order valence-electron chi connectivity index (χ3n) is 2.97. The Kier molecular flexibility index (Phi) is 3.21. The van der Waals surface area contributed by atoms with E-state index in [1.165, 1.54) is 10.3 Å². The van der Waals surface area contributed by atoms with E-state index in [-0.39, 0.29) is 0 Å². The lowest BCUT2D eigenvalue weighted by Crippen LogP contribution is -2.05. The smallest absolute Gasteiger partial charge is 0.183 e. The maximum atomic E-state index is 4.59. The predicted molar refractivity (Wildman–Crippen MR) is 79.8 cm³/mol. The summed E-state index contributed by atoms with van der Waals surface area (Å²) < 4.78 is 3.06. The molecular formula is C14H16N4S. The van der Waals surface area contributed by atoms with Gasteiger partial charge in [0, 0.05) is 26.2 Å². The van der Waals surface area contributed by atoms with Crippen LogP contribution in [0, 0.1) is 6.92 Å². The van der Waals surface area contributed by atoms with Crippen molar-refractivity contribution in [1.29, 1.82) is 0 Å². The molecule has 98 valence electrons. The number of thiazole rings is 1. The van der Waals surface area contributed by atoms with Gasteiger partial charge in [-0.15, -0.1) is 0 Å². The maximum Gasteiger partial charge on any atom is 0.183 e. The van der Waals surface area contributed by atoms with Gasteiger partial charge in [0.25, 0.3) is 0 Å². The van der Waals surface area contributed by atoms with Crippen molar-refractivity contribution in [2.24, 2.45) is 7.05 Å². The maximum absolute atomic E-state index is 4.59. The number of anilines is 1. The fraction of sp³-hybridized carbons (Fsp3) is 0.286. The summed E-state index contributed by atoms with van der Waals surface area (Å²) in [4.78, 5) is 4.59. The average molecular weight is 272 g/mol. The molecular weight excluding hydrogens is 256 g/mol. The van der Waals surface area contributed by atoms with Crippen molar-refractivity contribution in [3.05, 3.63) is 41.7 Å². The van der Waals surface area contributed by atoms with Crippen LogP contribution in [0.3, 0.4) is 0 Å². The van der Waals surface area contributed by atoms with Crippen LogP contribution in [0.5, 0.6) is 0 Å². The fourth-order valence-corrected chi connectivity index (χ4v) is 2.88. The molecule has 0 bridgehead atoms. The zero-order valence-electron chi connectivity index (χ0n) is 11.1. The van der Waals surface area contributed by atoms with Crippen LogP contribution in [-0.2, 0) is 13.5 Å². The van der Waals surface area contributed by atoms with Gasteiger partial charge >= 0.3 is 0 Å². The summed E-state index contributed by atoms with van der Waals surface area (Å²) in [5, 5.41) is 8.71. The molecule has 0 amide bonds. The highest BCUT2D eigenvalue weighted by Gasteiger charge is 2.03. The van der Waals surface area contributed by atoms with Crippen LogP contribution < -0.4 is 5.32 Å². The average Bonchev–Trinajstić information content (AvgIpc) is 2.95. The van der Waals surface area contributed by atoms with Crippen molar-refractivity contribution in [3.63, 3.8) is 0 Å². The Morgan fingerprint density at radius 3 is 3.00 bits per heavy atom. The van der Waals surface area contributed by atoms with Crippen molar-refractivity contribution < 1.29 is 0 Å². The second kappa shape index (κ2) is 5.01. The highest BCUT2D eigenvalue weighted by molar-refractivity contribution is 7.22. The number of nitrogens with zero attached hydrogens (tertiary/aromatic N) is 3. The lowest BCUT2D eigenvalue weighted by atomic mass is 10.2. The Balaban J connectivity index is 1.65. The molecule has 0 aliphatic rings. The van der Waals surface area contributed by atoms with Gasteiger partial charge in [-0.25, -0.2) is 4.98 Å². The number of nitrogens with one attached hydrogen (secondary N) is 1. The Morgan fingerprint density at radius 2 is 2.21 bits per heavy atom. The van der Waals surface area contributed by atoms with E-state index < -0.39 is 0 Å². The third kappa shape index (κ3) is 2.76. The summed E-state index contributed by atoms with van der Waals surface area (Å²) in [6, 6.07) is 8.42. The Labute approximate surface area is 116 Å². The van der Waals surface area contributed by atoms with E-state index in [1.54, 1.807) is 11.3 Å². The molecule has 5 heteroatoms. The van der Waals surface area contributed by atoms with E-state index in [0.717, 1.165) is 29.3 Å². The van der Waals surface area contributed by atoms with Crippen molar-refractivity contribution in [2.75, 3.05) is 11.9 Å². The first-order valence-electron chi connectivity index (χ1n) is 6.30.